The average Bonchev–Trinajstić information content (AvgIpc) is 3.13. The van der Waals surface area contributed by atoms with Gasteiger partial charge in [-0.1, -0.05) is 57.5 Å². The van der Waals surface area contributed by atoms with E-state index < -0.39 is 17.0 Å². The molecule has 3 aromatic rings. The maximum absolute atomic E-state index is 13.5. The van der Waals surface area contributed by atoms with Crippen molar-refractivity contribution in [2.45, 2.75) is 18.6 Å². The molecule has 5 nitrogen and oxygen atoms in total. The Kier molecular flexibility index (Phi) is 7.15. The van der Waals surface area contributed by atoms with Gasteiger partial charge in [-0.25, -0.2) is 4.39 Å². The second-order valence-electron chi connectivity index (χ2n) is 7.70. The number of halogens is 2. The van der Waals surface area contributed by atoms with Crippen molar-refractivity contribution in [1.82, 2.24) is 0 Å². The lowest BCUT2D eigenvalue weighted by Crippen LogP contribution is -2.30. The highest BCUT2D eigenvalue weighted by Gasteiger charge is 2.40. The van der Waals surface area contributed by atoms with Crippen LogP contribution in [-0.4, -0.2) is 17.1 Å². The number of hydrogen-bond acceptors (Lipinski definition) is 4. The number of carbonyl (C=O) groups excluding carboxylic acids is 2. The molecule has 3 aromatic carbocycles. The van der Waals surface area contributed by atoms with Crippen LogP contribution in [0, 0.1) is 24.1 Å². The molecule has 170 valence electrons. The van der Waals surface area contributed by atoms with Gasteiger partial charge in [-0.05, 0) is 67.4 Å². The van der Waals surface area contributed by atoms with E-state index in [0.29, 0.717) is 17.8 Å². The van der Waals surface area contributed by atoms with Crippen LogP contribution < -0.4 is 10.2 Å². The molecule has 1 atom stereocenters. The monoisotopic (exact) mass is 535 g/mol. The second-order valence-corrected chi connectivity index (χ2v) is 9.81. The first-order valence-electron chi connectivity index (χ1n) is 10.4. The van der Waals surface area contributed by atoms with Crippen molar-refractivity contribution in [3.05, 3.63) is 105 Å². The van der Waals surface area contributed by atoms with Crippen LogP contribution >= 0.6 is 27.7 Å². The minimum Gasteiger partial charge on any atom is -0.321 e. The van der Waals surface area contributed by atoms with Gasteiger partial charge in [-0.3, -0.25) is 14.5 Å². The van der Waals surface area contributed by atoms with Gasteiger partial charge >= 0.3 is 0 Å². The number of hydrogen-bond donors (Lipinski definition) is 1. The van der Waals surface area contributed by atoms with Crippen LogP contribution in [0.25, 0.3) is 0 Å². The third-order valence-electron chi connectivity index (χ3n) is 5.23. The summed E-state index contributed by atoms with van der Waals surface area (Å²) in [6, 6.07) is 22.2. The summed E-state index contributed by atoms with van der Waals surface area (Å²) >= 11 is 4.57. The second kappa shape index (κ2) is 10.2. The molecule has 0 saturated carbocycles. The number of aryl methyl sites for hydroxylation is 1. The summed E-state index contributed by atoms with van der Waals surface area (Å²) in [6.45, 7) is 1.93. The smallest absolute Gasteiger partial charge is 0.269 e. The van der Waals surface area contributed by atoms with Crippen LogP contribution in [0.2, 0.25) is 0 Å². The zero-order chi connectivity index (χ0) is 24.2. The largest absolute Gasteiger partial charge is 0.321 e. The van der Waals surface area contributed by atoms with Gasteiger partial charge in [0.1, 0.15) is 22.5 Å². The number of nitrogens with one attached hydrogen (secondary N) is 1. The van der Waals surface area contributed by atoms with Gasteiger partial charge in [0.05, 0.1) is 5.25 Å². The SMILES string of the molecule is Cc1ccc(NC(=O)/C(C#N)=C2\S[C@H](Cc3ccc(Br)cc3)C(=O)N2c2ccc(F)cc2)cc1. The zero-order valence-electron chi connectivity index (χ0n) is 18.1. The topological polar surface area (TPSA) is 73.2 Å². The first-order chi connectivity index (χ1) is 16.4. The van der Waals surface area contributed by atoms with E-state index in [1.807, 2.05) is 49.4 Å². The number of thioether (sulfide) groups is 1. The molecular formula is C26H19BrFN3O2S. The molecule has 0 unspecified atom stereocenters. The maximum Gasteiger partial charge on any atom is 0.269 e. The lowest BCUT2D eigenvalue weighted by atomic mass is 10.1. The van der Waals surface area contributed by atoms with Crippen molar-refractivity contribution in [2.24, 2.45) is 0 Å². The summed E-state index contributed by atoms with van der Waals surface area (Å²) < 4.78 is 14.5. The molecule has 4 rings (SSSR count). The average molecular weight is 536 g/mol. The first kappa shape index (κ1) is 23.7. The molecule has 0 radical (unpaired) electrons. The number of anilines is 2. The van der Waals surface area contributed by atoms with Crippen molar-refractivity contribution in [2.75, 3.05) is 10.2 Å². The standard InChI is InChI=1S/C26H19BrFN3O2S/c1-16-2-10-20(11-3-16)30-24(32)22(15-29)26-31(21-12-8-19(28)9-13-21)25(33)23(34-26)14-17-4-6-18(27)7-5-17/h2-13,23H,14H2,1H3,(H,30,32)/b26-22-/t23-/m1/s1. The van der Waals surface area contributed by atoms with E-state index in [4.69, 9.17) is 0 Å². The summed E-state index contributed by atoms with van der Waals surface area (Å²) in [7, 11) is 0. The number of nitriles is 1. The molecule has 2 amide bonds. The fourth-order valence-electron chi connectivity index (χ4n) is 3.48. The molecule has 1 N–H and O–H groups in total. The van der Waals surface area contributed by atoms with Crippen LogP contribution in [0.15, 0.2) is 87.9 Å². The van der Waals surface area contributed by atoms with E-state index in [1.165, 1.54) is 40.9 Å². The van der Waals surface area contributed by atoms with Gasteiger partial charge < -0.3 is 5.32 Å². The van der Waals surface area contributed by atoms with Gasteiger partial charge in [0.15, 0.2) is 0 Å². The lowest BCUT2D eigenvalue weighted by Gasteiger charge is -2.18. The van der Waals surface area contributed by atoms with Crippen LogP contribution in [-0.2, 0) is 16.0 Å². The molecule has 1 fully saturated rings. The highest BCUT2D eigenvalue weighted by atomic mass is 79.9. The molecule has 1 aliphatic rings. The summed E-state index contributed by atoms with van der Waals surface area (Å²) in [5.41, 5.74) is 2.73. The molecule has 0 aliphatic carbocycles. The Morgan fingerprint density at radius 2 is 1.74 bits per heavy atom. The van der Waals surface area contributed by atoms with Crippen LogP contribution in [0.5, 0.6) is 0 Å². The van der Waals surface area contributed by atoms with Crippen LogP contribution in [0.1, 0.15) is 11.1 Å². The van der Waals surface area contributed by atoms with Gasteiger partial charge in [0.25, 0.3) is 5.91 Å². The molecular weight excluding hydrogens is 517 g/mol. The predicted molar refractivity (Wildman–Crippen MR) is 136 cm³/mol. The predicted octanol–water partition coefficient (Wildman–Crippen LogP) is 5.96. The van der Waals surface area contributed by atoms with Crippen molar-refractivity contribution in [1.29, 1.82) is 5.26 Å². The normalized spacial score (nSPS) is 16.8. The van der Waals surface area contributed by atoms with Crippen molar-refractivity contribution >= 4 is 50.9 Å². The zero-order valence-corrected chi connectivity index (χ0v) is 20.5. The van der Waals surface area contributed by atoms with Crippen LogP contribution in [0.3, 0.4) is 0 Å². The fourth-order valence-corrected chi connectivity index (χ4v) is 5.05. The Morgan fingerprint density at radius 1 is 1.09 bits per heavy atom. The highest BCUT2D eigenvalue weighted by molar-refractivity contribution is 9.10. The van der Waals surface area contributed by atoms with E-state index in [1.54, 1.807) is 12.1 Å². The molecule has 0 aromatic heterocycles. The Labute approximate surface area is 209 Å². The third-order valence-corrected chi connectivity index (χ3v) is 7.03. The first-order valence-corrected chi connectivity index (χ1v) is 12.1. The van der Waals surface area contributed by atoms with Gasteiger partial charge in [-0.15, -0.1) is 0 Å². The van der Waals surface area contributed by atoms with Crippen molar-refractivity contribution in [3.63, 3.8) is 0 Å². The van der Waals surface area contributed by atoms with E-state index in [9.17, 15) is 19.2 Å². The minimum atomic E-state index is -0.613. The van der Waals surface area contributed by atoms with E-state index in [-0.39, 0.29) is 16.5 Å². The quantitative estimate of drug-likeness (QED) is 0.323. The summed E-state index contributed by atoms with van der Waals surface area (Å²) in [5, 5.41) is 12.3. The lowest BCUT2D eigenvalue weighted by molar-refractivity contribution is -0.117. The summed E-state index contributed by atoms with van der Waals surface area (Å²) in [6.07, 6.45) is 0.413. The molecule has 34 heavy (non-hydrogen) atoms. The van der Waals surface area contributed by atoms with Crippen molar-refractivity contribution < 1.29 is 14.0 Å². The number of nitrogens with zero attached hydrogens (tertiary/aromatic N) is 2. The Bertz CT molecular complexity index is 1300. The Balaban J connectivity index is 1.71. The third kappa shape index (κ3) is 5.22. The van der Waals surface area contributed by atoms with E-state index >= 15 is 0 Å². The maximum atomic E-state index is 13.5. The van der Waals surface area contributed by atoms with Gasteiger partial charge in [0.2, 0.25) is 5.91 Å². The van der Waals surface area contributed by atoms with E-state index in [2.05, 4.69) is 21.2 Å². The number of amides is 2. The highest BCUT2D eigenvalue weighted by Crippen LogP contribution is 2.42. The molecule has 8 heteroatoms. The Morgan fingerprint density at radius 3 is 2.35 bits per heavy atom. The van der Waals surface area contributed by atoms with Crippen LogP contribution in [0.4, 0.5) is 15.8 Å². The minimum absolute atomic E-state index is 0.179. The van der Waals surface area contributed by atoms with Gasteiger partial charge in [0, 0.05) is 15.8 Å². The summed E-state index contributed by atoms with van der Waals surface area (Å²) in [4.78, 5) is 27.8. The molecule has 1 heterocycles. The number of benzene rings is 3. The molecule has 0 bridgehead atoms. The van der Waals surface area contributed by atoms with Gasteiger partial charge in [-0.2, -0.15) is 5.26 Å². The molecule has 1 aliphatic heterocycles. The van der Waals surface area contributed by atoms with Crippen molar-refractivity contribution in [3.8, 4) is 6.07 Å². The van der Waals surface area contributed by atoms with E-state index in [0.717, 1.165) is 15.6 Å². The fraction of sp³-hybridized carbons (Fsp3) is 0.115. The number of carbonyl (C=O) groups is 2. The molecule has 0 spiro atoms. The summed E-state index contributed by atoms with van der Waals surface area (Å²) in [5.74, 6) is -1.33. The number of rotatable bonds is 5. The Hall–Kier alpha value is -3.41. The molecule has 1 saturated heterocycles.